The molecule has 1 unspecified atom stereocenters. The molecule has 1 heterocycles. The Morgan fingerprint density at radius 2 is 1.53 bits per heavy atom. The van der Waals surface area contributed by atoms with Crippen molar-refractivity contribution in [1.29, 1.82) is 0 Å². The number of hydrogen-bond acceptors (Lipinski definition) is 9. The Hall–Kier alpha value is -5.07. The first-order valence-electron chi connectivity index (χ1n) is 17.5. The number of carboxylic acid groups (broad SMARTS) is 1. The van der Waals surface area contributed by atoms with E-state index in [-0.39, 0.29) is 37.4 Å². The maximum Gasteiger partial charge on any atom is 0.410 e. The first-order chi connectivity index (χ1) is 25.3. The standard InChI is InChI=1S/C41H48N2O9S/c1-40(2,3)52-39(46)43-23-13-22-41(28-43,53(47,48)32-16-10-7-11-17-32)27-42-33(38(44)45)24-30-20-21-31(37-34(49-4)18-12-19-35(37)50-5)25-36(30)51-26-29-14-8-6-9-15-29/h6-12,14-21,25,33,42H,13,22-24,26-28H2,1-5H3,(H,44,45)/t33-,41?/m0/s1. The van der Waals surface area contributed by atoms with Crippen LogP contribution in [-0.2, 0) is 32.4 Å². The Labute approximate surface area is 311 Å². The molecule has 1 aliphatic rings. The Morgan fingerprint density at radius 3 is 2.13 bits per heavy atom. The molecule has 0 bridgehead atoms. The van der Waals surface area contributed by atoms with E-state index >= 15 is 0 Å². The number of methoxy groups -OCH3 is 2. The van der Waals surface area contributed by atoms with Crippen molar-refractivity contribution in [3.63, 3.8) is 0 Å². The molecule has 2 atom stereocenters. The molecule has 0 spiro atoms. The number of hydrogen-bond donors (Lipinski definition) is 2. The highest BCUT2D eigenvalue weighted by Crippen LogP contribution is 2.41. The highest BCUT2D eigenvalue weighted by molar-refractivity contribution is 7.93. The van der Waals surface area contributed by atoms with Crippen LogP contribution in [0.4, 0.5) is 4.79 Å². The summed E-state index contributed by atoms with van der Waals surface area (Å²) in [6.07, 6.45) is -0.0496. The molecule has 1 aliphatic heterocycles. The van der Waals surface area contributed by atoms with Gasteiger partial charge in [-0.2, -0.15) is 0 Å². The number of nitrogens with one attached hydrogen (secondary N) is 1. The van der Waals surface area contributed by atoms with E-state index in [4.69, 9.17) is 18.9 Å². The van der Waals surface area contributed by atoms with Gasteiger partial charge in [0.25, 0.3) is 0 Å². The Morgan fingerprint density at radius 1 is 0.887 bits per heavy atom. The largest absolute Gasteiger partial charge is 0.496 e. The van der Waals surface area contributed by atoms with Gasteiger partial charge >= 0.3 is 12.1 Å². The second-order valence-electron chi connectivity index (χ2n) is 14.1. The van der Waals surface area contributed by atoms with Crippen LogP contribution in [0.2, 0.25) is 0 Å². The van der Waals surface area contributed by atoms with Crippen molar-refractivity contribution < 1.29 is 42.1 Å². The van der Waals surface area contributed by atoms with Crippen LogP contribution in [0.1, 0.15) is 44.7 Å². The predicted octanol–water partition coefficient (Wildman–Crippen LogP) is 6.78. The molecule has 5 rings (SSSR count). The van der Waals surface area contributed by atoms with Crippen molar-refractivity contribution in [3.8, 4) is 28.4 Å². The van der Waals surface area contributed by atoms with Gasteiger partial charge in [-0.05, 0) is 80.6 Å². The number of benzene rings is 4. The van der Waals surface area contributed by atoms with Gasteiger partial charge in [-0.3, -0.25) is 4.79 Å². The Balaban J connectivity index is 1.49. The fourth-order valence-corrected chi connectivity index (χ4v) is 8.58. The number of aliphatic carboxylic acids is 1. The summed E-state index contributed by atoms with van der Waals surface area (Å²) in [4.78, 5) is 27.6. The van der Waals surface area contributed by atoms with Crippen LogP contribution >= 0.6 is 0 Å². The predicted molar refractivity (Wildman–Crippen MR) is 202 cm³/mol. The molecular weight excluding hydrogens is 697 g/mol. The van der Waals surface area contributed by atoms with E-state index in [9.17, 15) is 23.1 Å². The minimum absolute atomic E-state index is 0.0277. The van der Waals surface area contributed by atoms with Crippen molar-refractivity contribution in [1.82, 2.24) is 10.2 Å². The molecule has 12 heteroatoms. The van der Waals surface area contributed by atoms with Crippen molar-refractivity contribution in [2.24, 2.45) is 0 Å². The van der Waals surface area contributed by atoms with Gasteiger partial charge in [-0.1, -0.05) is 66.7 Å². The Kier molecular flexibility index (Phi) is 12.4. The van der Waals surface area contributed by atoms with E-state index in [1.165, 1.54) is 17.0 Å². The monoisotopic (exact) mass is 744 g/mol. The zero-order chi connectivity index (χ0) is 38.2. The molecule has 1 fully saturated rings. The van der Waals surface area contributed by atoms with E-state index in [0.717, 1.165) is 11.1 Å². The SMILES string of the molecule is COc1cccc(OC)c1-c1ccc(C[C@H](NCC2(S(=O)(=O)c3ccccc3)CCCN(C(=O)OC(C)(C)C)C2)C(=O)O)c(OCc2ccccc2)c1. The number of ether oxygens (including phenoxy) is 4. The normalized spacial score (nSPS) is 16.7. The van der Waals surface area contributed by atoms with Gasteiger partial charge in [0, 0.05) is 26.1 Å². The van der Waals surface area contributed by atoms with Crippen molar-refractivity contribution in [2.75, 3.05) is 33.9 Å². The van der Waals surface area contributed by atoms with Crippen LogP contribution in [0.15, 0.2) is 102 Å². The van der Waals surface area contributed by atoms with Gasteiger partial charge in [0.05, 0.1) is 24.7 Å². The Bertz CT molecular complexity index is 1960. The minimum atomic E-state index is -4.08. The summed E-state index contributed by atoms with van der Waals surface area (Å²) in [6, 6.07) is 27.4. The number of carbonyl (C=O) groups excluding carboxylic acids is 1. The molecule has 2 N–H and O–H groups in total. The van der Waals surface area contributed by atoms with Crippen molar-refractivity contribution in [3.05, 3.63) is 108 Å². The maximum atomic E-state index is 14.4. The van der Waals surface area contributed by atoms with E-state index in [1.807, 2.05) is 60.7 Å². The molecule has 4 aromatic carbocycles. The van der Waals surface area contributed by atoms with Gasteiger partial charge in [-0.15, -0.1) is 0 Å². The third kappa shape index (κ3) is 9.30. The summed E-state index contributed by atoms with van der Waals surface area (Å²) in [7, 11) is -0.927. The van der Waals surface area contributed by atoms with Gasteiger partial charge in [0.2, 0.25) is 0 Å². The summed E-state index contributed by atoms with van der Waals surface area (Å²) >= 11 is 0. The molecule has 0 aliphatic carbocycles. The number of carbonyl (C=O) groups is 2. The van der Waals surface area contributed by atoms with E-state index in [2.05, 4.69) is 5.32 Å². The van der Waals surface area contributed by atoms with Crippen LogP contribution in [0, 0.1) is 0 Å². The van der Waals surface area contributed by atoms with Crippen molar-refractivity contribution in [2.45, 2.75) is 67.9 Å². The van der Waals surface area contributed by atoms with E-state index in [0.29, 0.717) is 41.3 Å². The summed E-state index contributed by atoms with van der Waals surface area (Å²) in [6.45, 7) is 5.40. The number of sulfone groups is 1. The van der Waals surface area contributed by atoms with Crippen LogP contribution in [-0.4, -0.2) is 80.7 Å². The number of carboxylic acids is 1. The van der Waals surface area contributed by atoms with Gasteiger partial charge in [0.15, 0.2) is 9.84 Å². The van der Waals surface area contributed by atoms with Crippen LogP contribution in [0.5, 0.6) is 17.2 Å². The minimum Gasteiger partial charge on any atom is -0.496 e. The zero-order valence-electron chi connectivity index (χ0n) is 30.8. The zero-order valence-corrected chi connectivity index (χ0v) is 31.6. The van der Waals surface area contributed by atoms with Crippen molar-refractivity contribution >= 4 is 21.9 Å². The second-order valence-corrected chi connectivity index (χ2v) is 16.5. The molecule has 1 amide bonds. The fraction of sp³-hybridized carbons (Fsp3) is 0.366. The molecule has 1 saturated heterocycles. The molecule has 11 nitrogen and oxygen atoms in total. The number of amides is 1. The van der Waals surface area contributed by atoms with Crippen LogP contribution in [0.3, 0.4) is 0 Å². The van der Waals surface area contributed by atoms with E-state index < -0.39 is 38.3 Å². The fourth-order valence-electron chi connectivity index (χ4n) is 6.55. The average molecular weight is 745 g/mol. The van der Waals surface area contributed by atoms with E-state index in [1.54, 1.807) is 59.3 Å². The highest BCUT2D eigenvalue weighted by atomic mass is 32.2. The highest BCUT2D eigenvalue weighted by Gasteiger charge is 2.49. The first-order valence-corrected chi connectivity index (χ1v) is 19.0. The molecule has 0 aromatic heterocycles. The maximum absolute atomic E-state index is 14.4. The molecule has 0 saturated carbocycles. The summed E-state index contributed by atoms with van der Waals surface area (Å²) in [5, 5.41) is 13.6. The lowest BCUT2D eigenvalue weighted by atomic mass is 9.95. The first kappa shape index (κ1) is 39.1. The lowest BCUT2D eigenvalue weighted by molar-refractivity contribution is -0.139. The summed E-state index contributed by atoms with van der Waals surface area (Å²) in [5.74, 6) is 0.470. The molecule has 0 radical (unpaired) electrons. The second kappa shape index (κ2) is 16.7. The molecule has 282 valence electrons. The van der Waals surface area contributed by atoms with Gasteiger partial charge in [0.1, 0.15) is 40.2 Å². The van der Waals surface area contributed by atoms with Gasteiger partial charge < -0.3 is 34.3 Å². The van der Waals surface area contributed by atoms with Crippen LogP contribution < -0.4 is 19.5 Å². The average Bonchev–Trinajstić information content (AvgIpc) is 3.15. The molecule has 4 aromatic rings. The lowest BCUT2D eigenvalue weighted by Crippen LogP contribution is -2.61. The summed E-state index contributed by atoms with van der Waals surface area (Å²) < 4.78 is 50.6. The number of piperidine rings is 1. The lowest BCUT2D eigenvalue weighted by Gasteiger charge is -2.43. The number of nitrogens with zero attached hydrogens (tertiary/aromatic N) is 1. The summed E-state index contributed by atoms with van der Waals surface area (Å²) in [5.41, 5.74) is 2.18. The smallest absolute Gasteiger partial charge is 0.410 e. The third-order valence-electron chi connectivity index (χ3n) is 9.23. The number of likely N-dealkylation sites (tertiary alicyclic amines) is 1. The molecule has 53 heavy (non-hydrogen) atoms. The quantitative estimate of drug-likeness (QED) is 0.142. The van der Waals surface area contributed by atoms with Crippen LogP contribution in [0.25, 0.3) is 11.1 Å². The van der Waals surface area contributed by atoms with Gasteiger partial charge in [-0.25, -0.2) is 13.2 Å². The molecular formula is C41H48N2O9S. The topological polar surface area (TPSA) is 141 Å². The number of rotatable bonds is 14. The third-order valence-corrected chi connectivity index (χ3v) is 11.7.